The van der Waals surface area contributed by atoms with E-state index in [4.69, 9.17) is 4.99 Å². The van der Waals surface area contributed by atoms with Gasteiger partial charge in [-0.25, -0.2) is 4.99 Å². The van der Waals surface area contributed by atoms with Crippen LogP contribution in [-0.4, -0.2) is 4.57 Å². The molecular weight excluding hydrogens is 492 g/mol. The number of hydrogen-bond donors (Lipinski definition) is 0. The molecule has 1 aliphatic carbocycles. The number of fused-ring (bicyclic) bond motifs is 3. The van der Waals surface area contributed by atoms with E-state index in [0.717, 1.165) is 38.9 Å². The van der Waals surface area contributed by atoms with Crippen LogP contribution in [0.15, 0.2) is 92.6 Å². The van der Waals surface area contributed by atoms with Gasteiger partial charge in [-0.2, -0.15) is 0 Å². The van der Waals surface area contributed by atoms with Crippen LogP contribution in [-0.2, 0) is 6.42 Å². The molecule has 0 unspecified atom stereocenters. The highest BCUT2D eigenvalue weighted by atomic mass is 79.9. The molecule has 0 spiro atoms. The third-order valence-electron chi connectivity index (χ3n) is 6.48. The predicted octanol–water partition coefficient (Wildman–Crippen LogP) is 5.39. The first-order valence-electron chi connectivity index (χ1n) is 11.0. The normalized spacial score (nSPS) is 17.3. The van der Waals surface area contributed by atoms with Crippen molar-refractivity contribution in [1.82, 2.24) is 4.57 Å². The molecule has 0 fully saturated rings. The van der Waals surface area contributed by atoms with Crippen LogP contribution in [0.3, 0.4) is 0 Å². The first-order valence-corrected chi connectivity index (χ1v) is 12.7. The maximum atomic E-state index is 13.7. The summed E-state index contributed by atoms with van der Waals surface area (Å²) in [5.74, 6) is 0. The fraction of sp³-hybridized carbons (Fsp3) is 0.143. The van der Waals surface area contributed by atoms with E-state index in [0.29, 0.717) is 4.53 Å². The third-order valence-corrected chi connectivity index (χ3v) is 8.32. The maximum absolute atomic E-state index is 13.7. The van der Waals surface area contributed by atoms with E-state index in [1.54, 1.807) is 0 Å². The standard InChI is InChI=1S/C28H21BrN2OS/c1-17-11-12-18(15-23(17)29)16-24-27(32)31-26(20-8-3-2-4-9-20)22-14-13-19-7-5-6-10-21(19)25(22)30-28(31)33-24/h2-12,15-16,26H,13-14H2,1H3/b24-16-/t26-/m1/s1. The second-order valence-electron chi connectivity index (χ2n) is 8.53. The average Bonchev–Trinajstić information content (AvgIpc) is 3.15. The molecule has 4 aromatic rings. The number of benzene rings is 3. The smallest absolute Gasteiger partial charge is 0.271 e. The number of aromatic nitrogens is 1. The first-order chi connectivity index (χ1) is 16.1. The van der Waals surface area contributed by atoms with Gasteiger partial charge in [-0.3, -0.25) is 9.36 Å². The Morgan fingerprint density at radius 1 is 1.03 bits per heavy atom. The molecule has 3 nitrogen and oxygen atoms in total. The lowest BCUT2D eigenvalue weighted by atomic mass is 9.83. The van der Waals surface area contributed by atoms with Crippen LogP contribution in [0.4, 0.5) is 0 Å². The van der Waals surface area contributed by atoms with Crippen molar-refractivity contribution in [2.75, 3.05) is 0 Å². The van der Waals surface area contributed by atoms with Gasteiger partial charge in [-0.05, 0) is 59.7 Å². The molecule has 0 amide bonds. The molecule has 1 atom stereocenters. The molecule has 5 heteroatoms. The molecule has 6 rings (SSSR count). The van der Waals surface area contributed by atoms with Crippen molar-refractivity contribution >= 4 is 39.0 Å². The molecule has 0 radical (unpaired) electrons. The SMILES string of the molecule is Cc1ccc(/C=c2\sc3n(c2=O)[C@H](c2ccccc2)C2=C(N=3)c3ccccc3CC2)cc1Br. The minimum Gasteiger partial charge on any atom is -0.272 e. The van der Waals surface area contributed by atoms with Crippen molar-refractivity contribution in [2.45, 2.75) is 25.8 Å². The molecule has 2 heterocycles. The van der Waals surface area contributed by atoms with Gasteiger partial charge >= 0.3 is 0 Å². The Kier molecular flexibility index (Phi) is 5.04. The largest absolute Gasteiger partial charge is 0.272 e. The summed E-state index contributed by atoms with van der Waals surface area (Å²) in [5, 5.41) is 0. The van der Waals surface area contributed by atoms with Gasteiger partial charge in [-0.1, -0.05) is 94.0 Å². The zero-order chi connectivity index (χ0) is 22.5. The van der Waals surface area contributed by atoms with E-state index in [-0.39, 0.29) is 11.6 Å². The van der Waals surface area contributed by atoms with Gasteiger partial charge in [0.2, 0.25) is 0 Å². The van der Waals surface area contributed by atoms with Crippen LogP contribution in [0.2, 0.25) is 0 Å². The van der Waals surface area contributed by atoms with E-state index >= 15 is 0 Å². The lowest BCUT2D eigenvalue weighted by molar-refractivity contribution is 0.585. The van der Waals surface area contributed by atoms with E-state index in [2.05, 4.69) is 71.4 Å². The first kappa shape index (κ1) is 20.6. The summed E-state index contributed by atoms with van der Waals surface area (Å²) in [6.07, 6.45) is 3.85. The number of thiazole rings is 1. The van der Waals surface area contributed by atoms with E-state index in [1.807, 2.05) is 34.9 Å². The molecule has 0 saturated carbocycles. The van der Waals surface area contributed by atoms with E-state index in [9.17, 15) is 4.79 Å². The topological polar surface area (TPSA) is 34.4 Å². The number of rotatable bonds is 2. The number of hydrogen-bond acceptors (Lipinski definition) is 3. The van der Waals surface area contributed by atoms with Gasteiger partial charge in [0.05, 0.1) is 16.3 Å². The van der Waals surface area contributed by atoms with E-state index in [1.165, 1.54) is 33.6 Å². The monoisotopic (exact) mass is 512 g/mol. The Morgan fingerprint density at radius 3 is 2.64 bits per heavy atom. The highest BCUT2D eigenvalue weighted by Gasteiger charge is 2.32. The maximum Gasteiger partial charge on any atom is 0.271 e. The summed E-state index contributed by atoms with van der Waals surface area (Å²) in [5.41, 5.74) is 8.12. The van der Waals surface area contributed by atoms with E-state index < -0.39 is 0 Å². The summed E-state index contributed by atoms with van der Waals surface area (Å²) >= 11 is 5.08. The van der Waals surface area contributed by atoms with Gasteiger partial charge in [0.25, 0.3) is 5.56 Å². The number of allylic oxidation sites excluding steroid dienone is 1. The Morgan fingerprint density at radius 2 is 1.82 bits per heavy atom. The average molecular weight is 513 g/mol. The molecule has 0 N–H and O–H groups in total. The van der Waals surface area contributed by atoms with Crippen molar-refractivity contribution in [3.05, 3.63) is 130 Å². The van der Waals surface area contributed by atoms with Gasteiger partial charge in [-0.15, -0.1) is 0 Å². The Labute approximate surface area is 204 Å². The molecule has 33 heavy (non-hydrogen) atoms. The second kappa shape index (κ2) is 8.08. The molecule has 3 aromatic carbocycles. The van der Waals surface area contributed by atoms with Crippen LogP contribution in [0.25, 0.3) is 11.8 Å². The molecule has 1 aromatic heterocycles. The van der Waals surface area contributed by atoms with Crippen molar-refractivity contribution in [3.63, 3.8) is 0 Å². The highest BCUT2D eigenvalue weighted by Crippen LogP contribution is 2.41. The predicted molar refractivity (Wildman–Crippen MR) is 138 cm³/mol. The lowest BCUT2D eigenvalue weighted by Crippen LogP contribution is -2.38. The van der Waals surface area contributed by atoms with Gasteiger partial charge in [0.15, 0.2) is 4.80 Å². The molecule has 1 aliphatic heterocycles. The minimum atomic E-state index is -0.127. The van der Waals surface area contributed by atoms with Crippen LogP contribution in [0, 0.1) is 6.92 Å². The molecule has 2 aliphatic rings. The van der Waals surface area contributed by atoms with Gasteiger partial charge < -0.3 is 0 Å². The fourth-order valence-electron chi connectivity index (χ4n) is 4.81. The van der Waals surface area contributed by atoms with Crippen LogP contribution in [0.1, 0.15) is 40.3 Å². The zero-order valence-corrected chi connectivity index (χ0v) is 20.5. The lowest BCUT2D eigenvalue weighted by Gasteiger charge is -2.30. The van der Waals surface area contributed by atoms with Crippen molar-refractivity contribution in [1.29, 1.82) is 0 Å². The summed E-state index contributed by atoms with van der Waals surface area (Å²) < 4.78 is 3.65. The Bertz CT molecular complexity index is 1610. The summed E-state index contributed by atoms with van der Waals surface area (Å²) in [6.45, 7) is 2.06. The Balaban J connectivity index is 1.62. The quantitative estimate of drug-likeness (QED) is 0.354. The Hall–Kier alpha value is -3.02. The summed E-state index contributed by atoms with van der Waals surface area (Å²) in [7, 11) is 0. The summed E-state index contributed by atoms with van der Waals surface area (Å²) in [6, 6.07) is 24.9. The van der Waals surface area contributed by atoms with Crippen molar-refractivity contribution in [2.24, 2.45) is 4.99 Å². The number of aryl methyl sites for hydroxylation is 2. The fourth-order valence-corrected chi connectivity index (χ4v) is 6.21. The van der Waals surface area contributed by atoms with Crippen LogP contribution < -0.4 is 14.9 Å². The van der Waals surface area contributed by atoms with Crippen molar-refractivity contribution < 1.29 is 0 Å². The molecule has 0 bridgehead atoms. The van der Waals surface area contributed by atoms with Crippen LogP contribution >= 0.6 is 27.3 Å². The number of halogens is 1. The summed E-state index contributed by atoms with van der Waals surface area (Å²) in [4.78, 5) is 19.6. The van der Waals surface area contributed by atoms with Gasteiger partial charge in [0, 0.05) is 10.0 Å². The van der Waals surface area contributed by atoms with Gasteiger partial charge in [0.1, 0.15) is 0 Å². The minimum absolute atomic E-state index is 0.0229. The molecular formula is C28H21BrN2OS. The van der Waals surface area contributed by atoms with Crippen LogP contribution in [0.5, 0.6) is 0 Å². The number of nitrogens with zero attached hydrogens (tertiary/aromatic N) is 2. The third kappa shape index (κ3) is 3.47. The molecule has 162 valence electrons. The molecule has 0 saturated heterocycles. The van der Waals surface area contributed by atoms with Crippen molar-refractivity contribution in [3.8, 4) is 0 Å². The zero-order valence-electron chi connectivity index (χ0n) is 18.1. The second-order valence-corrected chi connectivity index (χ2v) is 10.4. The highest BCUT2D eigenvalue weighted by molar-refractivity contribution is 9.10.